The summed E-state index contributed by atoms with van der Waals surface area (Å²) in [5.74, 6) is -1.40. The van der Waals surface area contributed by atoms with E-state index in [0.29, 0.717) is 54.6 Å². The molecule has 8 nitrogen and oxygen atoms in total. The van der Waals surface area contributed by atoms with Crippen molar-refractivity contribution in [2.75, 3.05) is 31.6 Å². The molecule has 3 aromatic carbocycles. The Hall–Kier alpha value is -4.64. The lowest BCUT2D eigenvalue weighted by Crippen LogP contribution is -2.48. The lowest BCUT2D eigenvalue weighted by atomic mass is 9.74. The Balaban J connectivity index is 1.14. The number of carbonyl (C=O) groups excluding carboxylic acids is 2. The predicted molar refractivity (Wildman–Crippen MR) is 155 cm³/mol. The summed E-state index contributed by atoms with van der Waals surface area (Å²) in [6.07, 6.45) is 2.84. The number of para-hydroxylation sites is 1. The molecule has 42 heavy (non-hydrogen) atoms. The maximum Gasteiger partial charge on any atom is 0.277 e. The van der Waals surface area contributed by atoms with Crippen LogP contribution in [0.15, 0.2) is 72.2 Å². The van der Waals surface area contributed by atoms with Gasteiger partial charge < -0.3 is 14.5 Å². The molecule has 212 valence electrons. The van der Waals surface area contributed by atoms with Gasteiger partial charge in [-0.25, -0.2) is 18.4 Å². The second kappa shape index (κ2) is 10.0. The molecule has 7 rings (SSSR count). The predicted octanol–water partition coefficient (Wildman–Crippen LogP) is 5.60. The van der Waals surface area contributed by atoms with Crippen LogP contribution in [-0.2, 0) is 5.41 Å². The monoisotopic (exact) mass is 585 g/mol. The third kappa shape index (κ3) is 4.23. The van der Waals surface area contributed by atoms with Crippen LogP contribution in [0.4, 0.5) is 14.5 Å². The number of piperidine rings is 1. The van der Waals surface area contributed by atoms with Gasteiger partial charge in [0.1, 0.15) is 11.5 Å². The van der Waals surface area contributed by atoms with Gasteiger partial charge in [0.05, 0.1) is 18.8 Å². The number of aromatic nitrogens is 3. The molecule has 2 aliphatic rings. The molecule has 0 bridgehead atoms. The van der Waals surface area contributed by atoms with Crippen LogP contribution in [0.1, 0.15) is 39.3 Å². The minimum absolute atomic E-state index is 0.00891. The Morgan fingerprint density at radius 3 is 2.62 bits per heavy atom. The van der Waals surface area contributed by atoms with Crippen molar-refractivity contribution >= 4 is 39.7 Å². The maximum absolute atomic E-state index is 14.5. The van der Waals surface area contributed by atoms with E-state index in [4.69, 9.17) is 4.74 Å². The molecule has 1 spiro atoms. The van der Waals surface area contributed by atoms with E-state index in [9.17, 15) is 18.4 Å². The Bertz CT molecular complexity index is 1860. The van der Waals surface area contributed by atoms with Gasteiger partial charge in [-0.05, 0) is 60.9 Å². The number of nitrogens with zero attached hydrogens (tertiary/aromatic N) is 5. The average molecular weight is 586 g/mol. The first-order chi connectivity index (χ1) is 20.4. The van der Waals surface area contributed by atoms with Crippen LogP contribution in [0.25, 0.3) is 16.0 Å². The lowest BCUT2D eigenvalue weighted by Gasteiger charge is -2.40. The molecule has 1 fully saturated rings. The summed E-state index contributed by atoms with van der Waals surface area (Å²) in [4.78, 5) is 35.1. The summed E-state index contributed by atoms with van der Waals surface area (Å²) in [7, 11) is 1.35. The molecule has 2 amide bonds. The quantitative estimate of drug-likeness (QED) is 0.274. The topological polar surface area (TPSA) is 80.6 Å². The van der Waals surface area contributed by atoms with Crippen LogP contribution in [0, 0.1) is 11.6 Å². The zero-order valence-corrected chi connectivity index (χ0v) is 23.4. The summed E-state index contributed by atoms with van der Waals surface area (Å²) in [5.41, 5.74) is 2.43. The van der Waals surface area contributed by atoms with Crippen LogP contribution < -0.4 is 9.64 Å². The number of likely N-dealkylation sites (tertiary alicyclic amines) is 1. The fourth-order valence-electron chi connectivity index (χ4n) is 6.09. The van der Waals surface area contributed by atoms with Crippen LogP contribution in [0.5, 0.6) is 5.75 Å². The van der Waals surface area contributed by atoms with Crippen LogP contribution >= 0.6 is 11.3 Å². The molecule has 0 aliphatic carbocycles. The number of carbonyl (C=O) groups is 2. The second-order valence-electron chi connectivity index (χ2n) is 10.6. The highest BCUT2D eigenvalue weighted by molar-refractivity contribution is 7.12. The van der Waals surface area contributed by atoms with Gasteiger partial charge in [-0.2, -0.15) is 5.10 Å². The molecular weight excluding hydrogens is 560 g/mol. The minimum atomic E-state index is -0.536. The highest BCUT2D eigenvalue weighted by atomic mass is 32.1. The number of thiazole rings is 1. The molecule has 5 aromatic rings. The first kappa shape index (κ1) is 26.3. The zero-order chi connectivity index (χ0) is 29.0. The summed E-state index contributed by atoms with van der Waals surface area (Å²) in [6.45, 7) is 1.17. The Kier molecular flexibility index (Phi) is 6.27. The zero-order valence-electron chi connectivity index (χ0n) is 22.6. The van der Waals surface area contributed by atoms with Crippen molar-refractivity contribution in [3.63, 3.8) is 0 Å². The fraction of sp³-hybridized carbons (Fsp3) is 0.226. The van der Waals surface area contributed by atoms with Crippen molar-refractivity contribution in [2.45, 2.75) is 18.3 Å². The molecule has 0 N–H and O–H groups in total. The van der Waals surface area contributed by atoms with Gasteiger partial charge in [0.15, 0.2) is 11.6 Å². The van der Waals surface area contributed by atoms with Gasteiger partial charge in [0.25, 0.3) is 11.8 Å². The first-order valence-electron chi connectivity index (χ1n) is 13.5. The largest absolute Gasteiger partial charge is 0.494 e. The lowest BCUT2D eigenvalue weighted by molar-refractivity contribution is 0.0670. The number of hydrogen-bond donors (Lipinski definition) is 0. The van der Waals surface area contributed by atoms with Gasteiger partial charge >= 0.3 is 0 Å². The molecule has 1 saturated heterocycles. The average Bonchev–Trinajstić information content (AvgIpc) is 3.74. The van der Waals surface area contributed by atoms with Crippen molar-refractivity contribution < 1.29 is 23.1 Å². The van der Waals surface area contributed by atoms with E-state index in [1.165, 1.54) is 48.8 Å². The number of rotatable bonds is 4. The van der Waals surface area contributed by atoms with E-state index in [1.54, 1.807) is 32.1 Å². The van der Waals surface area contributed by atoms with Crippen LogP contribution in [0.2, 0.25) is 0 Å². The third-order valence-electron chi connectivity index (χ3n) is 8.30. The molecule has 0 unspecified atom stereocenters. The van der Waals surface area contributed by atoms with Crippen molar-refractivity contribution in [1.29, 1.82) is 0 Å². The highest BCUT2D eigenvalue weighted by Gasteiger charge is 2.47. The van der Waals surface area contributed by atoms with E-state index in [0.717, 1.165) is 16.5 Å². The Labute approximate surface area is 243 Å². The van der Waals surface area contributed by atoms with Gasteiger partial charge in [0.2, 0.25) is 5.13 Å². The smallest absolute Gasteiger partial charge is 0.277 e. The SMILES string of the molecule is COc1cc(C(=O)N2CCC3(CC2)CN(C(=O)c2csc(-n4ncc5ccccc54)n2)c2ccc(F)cc23)ccc1F. The minimum Gasteiger partial charge on any atom is -0.494 e. The molecule has 2 aliphatic heterocycles. The number of fused-ring (bicyclic) bond motifs is 3. The van der Waals surface area contributed by atoms with Crippen LogP contribution in [0.3, 0.4) is 0 Å². The van der Waals surface area contributed by atoms with E-state index in [-0.39, 0.29) is 23.4 Å². The number of methoxy groups -OCH3 is 1. The van der Waals surface area contributed by atoms with E-state index < -0.39 is 11.2 Å². The third-order valence-corrected chi connectivity index (χ3v) is 9.12. The maximum atomic E-state index is 14.5. The molecule has 0 saturated carbocycles. The van der Waals surface area contributed by atoms with Crippen molar-refractivity contribution in [1.82, 2.24) is 19.7 Å². The number of anilines is 1. The summed E-state index contributed by atoms with van der Waals surface area (Å²) in [5, 5.41) is 7.72. The summed E-state index contributed by atoms with van der Waals surface area (Å²) in [6, 6.07) is 16.4. The number of ether oxygens (including phenoxy) is 1. The number of amides is 2. The number of benzene rings is 3. The van der Waals surface area contributed by atoms with E-state index in [1.807, 2.05) is 24.3 Å². The Morgan fingerprint density at radius 2 is 1.81 bits per heavy atom. The summed E-state index contributed by atoms with van der Waals surface area (Å²) < 4.78 is 35.2. The second-order valence-corrected chi connectivity index (χ2v) is 11.4. The molecule has 11 heteroatoms. The number of halogens is 2. The van der Waals surface area contributed by atoms with Crippen molar-refractivity contribution in [2.24, 2.45) is 0 Å². The molecule has 0 atom stereocenters. The number of hydrogen-bond acceptors (Lipinski definition) is 6. The van der Waals surface area contributed by atoms with Gasteiger partial charge in [-0.1, -0.05) is 18.2 Å². The fourth-order valence-corrected chi connectivity index (χ4v) is 6.85. The molecule has 4 heterocycles. The van der Waals surface area contributed by atoms with Crippen LogP contribution in [-0.4, -0.2) is 58.2 Å². The first-order valence-corrected chi connectivity index (χ1v) is 14.4. The molecular formula is C31H25F2N5O3S. The van der Waals surface area contributed by atoms with Crippen molar-refractivity contribution in [3.05, 3.63) is 101 Å². The van der Waals surface area contributed by atoms with E-state index >= 15 is 0 Å². The van der Waals surface area contributed by atoms with Crippen molar-refractivity contribution in [3.8, 4) is 10.9 Å². The Morgan fingerprint density at radius 1 is 1.00 bits per heavy atom. The summed E-state index contributed by atoms with van der Waals surface area (Å²) >= 11 is 1.33. The normalized spacial score (nSPS) is 15.8. The molecule has 0 radical (unpaired) electrons. The highest BCUT2D eigenvalue weighted by Crippen LogP contribution is 2.48. The standard InChI is InChI=1S/C31H25F2N5O3S/c1-41-27-14-19(6-8-23(27)33)28(39)36-12-10-31(11-13-36)18-37(26-9-7-21(32)15-22(26)31)29(40)24-17-42-30(35-24)38-25-5-3-2-4-20(25)16-34-38/h2-9,14-17H,10-13,18H2,1H3. The molecule has 2 aromatic heterocycles. The van der Waals surface area contributed by atoms with Gasteiger partial charge in [-0.3, -0.25) is 9.59 Å². The van der Waals surface area contributed by atoms with E-state index in [2.05, 4.69) is 10.1 Å². The van der Waals surface area contributed by atoms with Gasteiger partial charge in [-0.15, -0.1) is 11.3 Å². The van der Waals surface area contributed by atoms with Gasteiger partial charge in [0, 0.05) is 47.1 Å².